The van der Waals surface area contributed by atoms with Crippen molar-refractivity contribution < 1.29 is 9.47 Å². The van der Waals surface area contributed by atoms with Crippen LogP contribution in [-0.4, -0.2) is 13.7 Å². The maximum absolute atomic E-state index is 6.71. The van der Waals surface area contributed by atoms with Crippen LogP contribution in [0.3, 0.4) is 0 Å². The highest BCUT2D eigenvalue weighted by Crippen LogP contribution is 2.47. The van der Waals surface area contributed by atoms with Gasteiger partial charge in [-0.05, 0) is 43.7 Å². The maximum Gasteiger partial charge on any atom is 0.167 e. The number of halogens is 1. The van der Waals surface area contributed by atoms with E-state index in [0.717, 1.165) is 49.4 Å². The Kier molecular flexibility index (Phi) is 4.32. The second-order valence-corrected chi connectivity index (χ2v) is 6.83. The number of benzene rings is 1. The second kappa shape index (κ2) is 6.05. The van der Waals surface area contributed by atoms with Gasteiger partial charge in [0.15, 0.2) is 11.5 Å². The summed E-state index contributed by atoms with van der Waals surface area (Å²) in [5, 5.41) is 0.700. The van der Waals surface area contributed by atoms with Gasteiger partial charge < -0.3 is 15.2 Å². The minimum atomic E-state index is -0.386. The van der Waals surface area contributed by atoms with Crippen molar-refractivity contribution in [1.82, 2.24) is 0 Å². The van der Waals surface area contributed by atoms with E-state index in [2.05, 4.69) is 0 Å². The normalized spacial score (nSPS) is 21.1. The average molecular weight is 310 g/mol. The molecule has 2 aliphatic carbocycles. The molecular formula is C17H24ClNO2. The molecule has 0 saturated heterocycles. The third-order valence-corrected chi connectivity index (χ3v) is 5.01. The molecule has 0 spiro atoms. The SMILES string of the molecule is COc1ccc(Cl)c(C2(N)CCCCC2)c1OCC1CC1. The van der Waals surface area contributed by atoms with E-state index in [4.69, 9.17) is 26.8 Å². The molecule has 4 heteroatoms. The molecule has 2 fully saturated rings. The van der Waals surface area contributed by atoms with Gasteiger partial charge in [0.25, 0.3) is 0 Å². The van der Waals surface area contributed by atoms with Crippen molar-refractivity contribution in [2.75, 3.05) is 13.7 Å². The monoisotopic (exact) mass is 309 g/mol. The molecule has 0 unspecified atom stereocenters. The number of hydrogen-bond donors (Lipinski definition) is 1. The molecule has 2 aliphatic rings. The van der Waals surface area contributed by atoms with Crippen LogP contribution >= 0.6 is 11.6 Å². The van der Waals surface area contributed by atoms with Gasteiger partial charge in [0.1, 0.15) is 0 Å². The molecule has 3 rings (SSSR count). The first-order valence-electron chi connectivity index (χ1n) is 7.93. The van der Waals surface area contributed by atoms with Crippen molar-refractivity contribution in [3.63, 3.8) is 0 Å². The smallest absolute Gasteiger partial charge is 0.167 e. The lowest BCUT2D eigenvalue weighted by atomic mass is 9.77. The Morgan fingerprint density at radius 1 is 1.24 bits per heavy atom. The van der Waals surface area contributed by atoms with Gasteiger partial charge in [-0.3, -0.25) is 0 Å². The van der Waals surface area contributed by atoms with Crippen LogP contribution in [0.2, 0.25) is 5.02 Å². The van der Waals surface area contributed by atoms with Crippen LogP contribution in [0.25, 0.3) is 0 Å². The Labute approximate surface area is 131 Å². The summed E-state index contributed by atoms with van der Waals surface area (Å²) in [7, 11) is 1.67. The minimum absolute atomic E-state index is 0.386. The van der Waals surface area contributed by atoms with Gasteiger partial charge in [0.05, 0.1) is 13.7 Å². The molecule has 0 aromatic heterocycles. The largest absolute Gasteiger partial charge is 0.493 e. The number of nitrogens with two attached hydrogens (primary N) is 1. The van der Waals surface area contributed by atoms with E-state index in [1.54, 1.807) is 7.11 Å². The minimum Gasteiger partial charge on any atom is -0.493 e. The summed E-state index contributed by atoms with van der Waals surface area (Å²) in [6, 6.07) is 3.75. The standard InChI is InChI=1S/C17H24ClNO2/c1-20-14-8-7-13(18)15(16(14)21-11-12-5-6-12)17(19)9-3-2-4-10-17/h7-8,12H,2-6,9-11,19H2,1H3. The van der Waals surface area contributed by atoms with Crippen LogP contribution in [0.5, 0.6) is 11.5 Å². The maximum atomic E-state index is 6.71. The summed E-state index contributed by atoms with van der Waals surface area (Å²) in [6.07, 6.45) is 7.97. The Bertz CT molecular complexity index is 508. The average Bonchev–Trinajstić information content (AvgIpc) is 3.30. The summed E-state index contributed by atoms with van der Waals surface area (Å²) >= 11 is 6.50. The quantitative estimate of drug-likeness (QED) is 0.884. The molecule has 2 N–H and O–H groups in total. The Balaban J connectivity index is 1.98. The molecule has 0 aliphatic heterocycles. The summed E-state index contributed by atoms with van der Waals surface area (Å²) in [4.78, 5) is 0. The fraction of sp³-hybridized carbons (Fsp3) is 0.647. The van der Waals surface area contributed by atoms with Crippen molar-refractivity contribution in [3.8, 4) is 11.5 Å². The van der Waals surface area contributed by atoms with Gasteiger partial charge in [-0.15, -0.1) is 0 Å². The molecular weight excluding hydrogens is 286 g/mol. The Morgan fingerprint density at radius 2 is 1.95 bits per heavy atom. The van der Waals surface area contributed by atoms with E-state index in [0.29, 0.717) is 10.9 Å². The molecule has 21 heavy (non-hydrogen) atoms. The Hall–Kier alpha value is -0.930. The van der Waals surface area contributed by atoms with Crippen LogP contribution in [0.4, 0.5) is 0 Å². The first-order valence-corrected chi connectivity index (χ1v) is 8.30. The molecule has 116 valence electrons. The zero-order chi connectivity index (χ0) is 14.9. The molecule has 1 aromatic carbocycles. The zero-order valence-electron chi connectivity index (χ0n) is 12.7. The van der Waals surface area contributed by atoms with Crippen LogP contribution in [0.1, 0.15) is 50.5 Å². The molecule has 1 aromatic rings. The molecule has 3 nitrogen and oxygen atoms in total. The Morgan fingerprint density at radius 3 is 2.57 bits per heavy atom. The van der Waals surface area contributed by atoms with Gasteiger partial charge >= 0.3 is 0 Å². The van der Waals surface area contributed by atoms with Crippen molar-refractivity contribution in [3.05, 3.63) is 22.7 Å². The van der Waals surface area contributed by atoms with Gasteiger partial charge in [-0.2, -0.15) is 0 Å². The lowest BCUT2D eigenvalue weighted by molar-refractivity contribution is 0.251. The van der Waals surface area contributed by atoms with Crippen LogP contribution in [0.15, 0.2) is 12.1 Å². The van der Waals surface area contributed by atoms with Crippen molar-refractivity contribution in [2.45, 2.75) is 50.5 Å². The summed E-state index contributed by atoms with van der Waals surface area (Å²) in [6.45, 7) is 0.736. The third kappa shape index (κ3) is 3.14. The van der Waals surface area contributed by atoms with Gasteiger partial charge in [-0.25, -0.2) is 0 Å². The van der Waals surface area contributed by atoms with Crippen LogP contribution in [-0.2, 0) is 5.54 Å². The molecule has 0 heterocycles. The highest BCUT2D eigenvalue weighted by Gasteiger charge is 2.36. The molecule has 0 amide bonds. The third-order valence-electron chi connectivity index (χ3n) is 4.69. The predicted molar refractivity (Wildman–Crippen MR) is 85.2 cm³/mol. The first kappa shape index (κ1) is 15.0. The number of rotatable bonds is 5. The van der Waals surface area contributed by atoms with E-state index in [9.17, 15) is 0 Å². The predicted octanol–water partition coefficient (Wildman–Crippen LogP) is 4.26. The van der Waals surface area contributed by atoms with Crippen LogP contribution in [0, 0.1) is 5.92 Å². The van der Waals surface area contributed by atoms with Crippen molar-refractivity contribution in [1.29, 1.82) is 0 Å². The van der Waals surface area contributed by atoms with E-state index in [-0.39, 0.29) is 5.54 Å². The van der Waals surface area contributed by atoms with E-state index in [1.807, 2.05) is 12.1 Å². The summed E-state index contributed by atoms with van der Waals surface area (Å²) in [5.41, 5.74) is 7.27. The lowest BCUT2D eigenvalue weighted by Gasteiger charge is -2.36. The van der Waals surface area contributed by atoms with Crippen LogP contribution < -0.4 is 15.2 Å². The zero-order valence-corrected chi connectivity index (χ0v) is 13.4. The molecule has 2 saturated carbocycles. The van der Waals surface area contributed by atoms with E-state index < -0.39 is 0 Å². The topological polar surface area (TPSA) is 44.5 Å². The molecule has 0 atom stereocenters. The lowest BCUT2D eigenvalue weighted by Crippen LogP contribution is -2.39. The van der Waals surface area contributed by atoms with Gasteiger partial charge in [-0.1, -0.05) is 30.9 Å². The van der Waals surface area contributed by atoms with Gasteiger partial charge in [0.2, 0.25) is 0 Å². The fourth-order valence-electron chi connectivity index (χ4n) is 3.23. The number of hydrogen-bond acceptors (Lipinski definition) is 3. The highest BCUT2D eigenvalue weighted by atomic mass is 35.5. The summed E-state index contributed by atoms with van der Waals surface area (Å²) < 4.78 is 11.6. The number of ether oxygens (including phenoxy) is 2. The van der Waals surface area contributed by atoms with Crippen molar-refractivity contribution >= 4 is 11.6 Å². The first-order chi connectivity index (χ1) is 10.1. The molecule has 0 bridgehead atoms. The highest BCUT2D eigenvalue weighted by molar-refractivity contribution is 6.31. The second-order valence-electron chi connectivity index (χ2n) is 6.42. The fourth-order valence-corrected chi connectivity index (χ4v) is 3.56. The number of methoxy groups -OCH3 is 1. The summed E-state index contributed by atoms with van der Waals surface area (Å²) in [5.74, 6) is 2.19. The van der Waals surface area contributed by atoms with Crippen molar-refractivity contribution in [2.24, 2.45) is 11.7 Å². The molecule has 0 radical (unpaired) electrons. The van der Waals surface area contributed by atoms with E-state index >= 15 is 0 Å². The van der Waals surface area contributed by atoms with E-state index in [1.165, 1.54) is 19.3 Å². The van der Waals surface area contributed by atoms with Gasteiger partial charge in [0, 0.05) is 16.1 Å².